The number of anilines is 2. The third-order valence-corrected chi connectivity index (χ3v) is 9.05. The van der Waals surface area contributed by atoms with Crippen LogP contribution in [0.5, 0.6) is 5.75 Å². The van der Waals surface area contributed by atoms with Crippen molar-refractivity contribution in [2.45, 2.75) is 55.2 Å². The fourth-order valence-corrected chi connectivity index (χ4v) is 5.71. The number of hydrogen-bond donors (Lipinski definition) is 2. The number of hydrogen-bond acceptors (Lipinski definition) is 7. The lowest BCUT2D eigenvalue weighted by atomic mass is 10.0. The van der Waals surface area contributed by atoms with E-state index in [0.29, 0.717) is 24.3 Å². The summed E-state index contributed by atoms with van der Waals surface area (Å²) in [6.45, 7) is 4.15. The lowest BCUT2D eigenvalue weighted by molar-refractivity contribution is -0.128. The number of benzene rings is 1. The lowest BCUT2D eigenvalue weighted by Crippen LogP contribution is -2.46. The highest BCUT2D eigenvalue weighted by Gasteiger charge is 2.32. The van der Waals surface area contributed by atoms with Crippen molar-refractivity contribution in [2.24, 2.45) is 0 Å². The largest absolute Gasteiger partial charge is 0.495 e. The Balaban J connectivity index is 1.60. The highest BCUT2D eigenvalue weighted by atomic mass is 32.2. The van der Waals surface area contributed by atoms with Gasteiger partial charge in [-0.2, -0.15) is 13.2 Å². The number of pyridine rings is 1. The van der Waals surface area contributed by atoms with Gasteiger partial charge in [0.25, 0.3) is 0 Å². The number of rotatable bonds is 8. The van der Waals surface area contributed by atoms with Gasteiger partial charge in [-0.15, -0.1) is 0 Å². The van der Waals surface area contributed by atoms with E-state index in [-0.39, 0.29) is 40.8 Å². The Hall–Kier alpha value is -3.50. The van der Waals surface area contributed by atoms with Gasteiger partial charge in [0, 0.05) is 25.4 Å². The topological polar surface area (TPSA) is 88.0 Å². The van der Waals surface area contributed by atoms with E-state index in [2.05, 4.69) is 27.5 Å². The maximum absolute atomic E-state index is 14.7. The summed E-state index contributed by atoms with van der Waals surface area (Å²) in [6.07, 6.45) is -4.86. The minimum Gasteiger partial charge on any atom is -0.495 e. The number of piperidine rings is 1. The predicted molar refractivity (Wildman–Crippen MR) is 150 cm³/mol. The summed E-state index contributed by atoms with van der Waals surface area (Å²) in [7, 11) is -0.265. The van der Waals surface area contributed by atoms with E-state index < -0.39 is 39.9 Å². The van der Waals surface area contributed by atoms with Crippen molar-refractivity contribution >= 4 is 26.9 Å². The number of ether oxygens (including phenoxy) is 1. The second kappa shape index (κ2) is 12.2. The normalized spacial score (nSPS) is 18.3. The van der Waals surface area contributed by atoms with Gasteiger partial charge in [-0.25, -0.2) is 17.8 Å². The number of sulfone groups is 1. The van der Waals surface area contributed by atoms with E-state index in [4.69, 9.17) is 4.74 Å². The number of imidazole rings is 1. The Labute approximate surface area is 237 Å². The predicted octanol–water partition coefficient (Wildman–Crippen LogP) is 4.55. The minimum absolute atomic E-state index is 0.0240. The first kappa shape index (κ1) is 30.5. The van der Waals surface area contributed by atoms with Crippen LogP contribution in [0.25, 0.3) is 5.65 Å². The van der Waals surface area contributed by atoms with Gasteiger partial charge in [0.05, 0.1) is 53.3 Å². The van der Waals surface area contributed by atoms with Crippen LogP contribution < -0.4 is 15.4 Å². The summed E-state index contributed by atoms with van der Waals surface area (Å²) < 4.78 is 86.9. The molecular formula is C28H33F4N5O3S. The van der Waals surface area contributed by atoms with Gasteiger partial charge in [0.15, 0.2) is 15.5 Å². The number of aromatic nitrogens is 2. The molecule has 1 aromatic carbocycles. The van der Waals surface area contributed by atoms with Gasteiger partial charge in [-0.3, -0.25) is 0 Å². The zero-order valence-electron chi connectivity index (χ0n) is 23.2. The number of alkyl halides is 4. The maximum atomic E-state index is 14.7. The van der Waals surface area contributed by atoms with Crippen molar-refractivity contribution in [3.8, 4) is 17.6 Å². The monoisotopic (exact) mass is 595 g/mol. The van der Waals surface area contributed by atoms with Crippen molar-refractivity contribution in [1.29, 1.82) is 0 Å². The van der Waals surface area contributed by atoms with Crippen LogP contribution in [0.3, 0.4) is 0 Å². The standard InChI is InChI=1S/C28H33F4N5O3S/c1-18(2)41(38,39)19-9-10-23(26(15-19)40-4)33-12-5-7-22-25(16-28(30,31)32)37-13-6-8-24(27(37)35-22)34-21-11-14-36(3)17-20(21)29/h6,8-10,13,15,18,20-21,33-34H,11-12,14,16-17H2,1-4H3/t20-,21+/m0/s1. The summed E-state index contributed by atoms with van der Waals surface area (Å²) in [4.78, 5) is 6.42. The van der Waals surface area contributed by atoms with Gasteiger partial charge in [-0.1, -0.05) is 5.92 Å². The summed E-state index contributed by atoms with van der Waals surface area (Å²) in [5, 5.41) is 5.54. The van der Waals surface area contributed by atoms with Gasteiger partial charge >= 0.3 is 6.18 Å². The first-order valence-corrected chi connectivity index (χ1v) is 14.7. The molecule has 0 amide bonds. The molecule has 1 saturated heterocycles. The third-order valence-electron chi connectivity index (χ3n) is 6.90. The van der Waals surface area contributed by atoms with Crippen molar-refractivity contribution < 1.29 is 30.7 Å². The molecule has 0 unspecified atom stereocenters. The number of methoxy groups -OCH3 is 1. The second-order valence-electron chi connectivity index (χ2n) is 10.2. The Morgan fingerprint density at radius 1 is 1.22 bits per heavy atom. The molecule has 0 aliphatic carbocycles. The van der Waals surface area contributed by atoms with Crippen molar-refractivity contribution in [1.82, 2.24) is 14.3 Å². The molecule has 0 radical (unpaired) electrons. The fraction of sp³-hybridized carbons (Fsp3) is 0.464. The van der Waals surface area contributed by atoms with Crippen LogP contribution in [0, 0.1) is 11.8 Å². The van der Waals surface area contributed by atoms with Gasteiger partial charge in [0.1, 0.15) is 17.6 Å². The highest BCUT2D eigenvalue weighted by molar-refractivity contribution is 7.92. The summed E-state index contributed by atoms with van der Waals surface area (Å²) in [6, 6.07) is 7.19. The van der Waals surface area contributed by atoms with Crippen LogP contribution >= 0.6 is 0 Å². The van der Waals surface area contributed by atoms with Crippen LogP contribution in [0.1, 0.15) is 31.7 Å². The van der Waals surface area contributed by atoms with E-state index in [1.807, 2.05) is 11.9 Å². The zero-order valence-corrected chi connectivity index (χ0v) is 24.0. The minimum atomic E-state index is -4.50. The van der Waals surface area contributed by atoms with Crippen LogP contribution in [-0.4, -0.2) is 80.1 Å². The van der Waals surface area contributed by atoms with Gasteiger partial charge in [-0.05, 0) is 57.5 Å². The lowest BCUT2D eigenvalue weighted by Gasteiger charge is -2.33. The number of nitrogens with zero attached hydrogens (tertiary/aromatic N) is 3. The van der Waals surface area contributed by atoms with Gasteiger partial charge in [0.2, 0.25) is 0 Å². The van der Waals surface area contributed by atoms with Crippen molar-refractivity contribution in [3.63, 3.8) is 0 Å². The molecule has 2 atom stereocenters. The molecule has 1 aliphatic heterocycles. The third kappa shape index (κ3) is 7.05. The average molecular weight is 596 g/mol. The maximum Gasteiger partial charge on any atom is 0.394 e. The SMILES string of the molecule is COc1cc(S(=O)(=O)C(C)C)ccc1NCC#Cc1nc2c(N[C@@H]3CCN(C)C[C@@H]3F)cccn2c1CC(F)(F)F. The van der Waals surface area contributed by atoms with E-state index in [0.717, 1.165) is 0 Å². The van der Waals surface area contributed by atoms with E-state index in [9.17, 15) is 26.0 Å². The first-order chi connectivity index (χ1) is 19.3. The first-order valence-electron chi connectivity index (χ1n) is 13.1. The molecule has 0 bridgehead atoms. The van der Waals surface area contributed by atoms with Crippen LogP contribution in [0.15, 0.2) is 41.4 Å². The van der Waals surface area contributed by atoms with Gasteiger partial charge < -0.3 is 24.7 Å². The van der Waals surface area contributed by atoms with E-state index >= 15 is 0 Å². The molecule has 222 valence electrons. The number of halogens is 4. The molecule has 1 aliphatic rings. The molecular weight excluding hydrogens is 562 g/mol. The summed E-state index contributed by atoms with van der Waals surface area (Å²) in [5.74, 6) is 5.83. The number of fused-ring (bicyclic) bond motifs is 1. The number of nitrogens with one attached hydrogen (secondary N) is 2. The molecule has 0 saturated carbocycles. The zero-order chi connectivity index (χ0) is 29.9. The molecule has 2 N–H and O–H groups in total. The molecule has 4 rings (SSSR count). The molecule has 1 fully saturated rings. The van der Waals surface area contributed by atoms with E-state index in [1.165, 1.54) is 29.8 Å². The van der Waals surface area contributed by atoms with Crippen LogP contribution in [0.2, 0.25) is 0 Å². The fourth-order valence-electron chi connectivity index (χ4n) is 4.64. The number of likely N-dealkylation sites (tertiary alicyclic amines) is 1. The van der Waals surface area contributed by atoms with E-state index in [1.54, 1.807) is 32.0 Å². The Bertz CT molecular complexity index is 1560. The Kier molecular flexibility index (Phi) is 9.03. The molecule has 3 aromatic rings. The van der Waals surface area contributed by atoms with Crippen LogP contribution in [0.4, 0.5) is 28.9 Å². The Morgan fingerprint density at radius 2 is 1.98 bits per heavy atom. The molecule has 2 aromatic heterocycles. The average Bonchev–Trinajstić information content (AvgIpc) is 3.24. The summed E-state index contributed by atoms with van der Waals surface area (Å²) in [5.41, 5.74) is 0.980. The smallest absolute Gasteiger partial charge is 0.394 e. The Morgan fingerprint density at radius 3 is 2.63 bits per heavy atom. The summed E-state index contributed by atoms with van der Waals surface area (Å²) >= 11 is 0. The molecule has 13 heteroatoms. The second-order valence-corrected chi connectivity index (χ2v) is 12.7. The molecule has 8 nitrogen and oxygen atoms in total. The van der Waals surface area contributed by atoms with Crippen LogP contribution in [-0.2, 0) is 16.3 Å². The molecule has 0 spiro atoms. The van der Waals surface area contributed by atoms with Crippen molar-refractivity contribution in [2.75, 3.05) is 44.4 Å². The van der Waals surface area contributed by atoms with Crippen molar-refractivity contribution in [3.05, 3.63) is 47.9 Å². The highest BCUT2D eigenvalue weighted by Crippen LogP contribution is 2.30. The molecule has 3 heterocycles. The quantitative estimate of drug-likeness (QED) is 0.292. The molecule has 41 heavy (non-hydrogen) atoms.